The van der Waals surface area contributed by atoms with Crippen LogP contribution in [0.4, 0.5) is 0 Å². The van der Waals surface area contributed by atoms with E-state index in [4.69, 9.17) is 0 Å². The number of nitrogens with zero attached hydrogens (tertiary/aromatic N) is 2. The maximum atomic E-state index is 11.6. The molecule has 1 unspecified atom stereocenters. The second-order valence-corrected chi connectivity index (χ2v) is 5.90. The first-order valence-electron chi connectivity index (χ1n) is 6.34. The average Bonchev–Trinajstić information content (AvgIpc) is 2.97. The molecule has 3 heterocycles. The van der Waals surface area contributed by atoms with Crippen LogP contribution in [0.25, 0.3) is 0 Å². The molecule has 0 aromatic carbocycles. The lowest BCUT2D eigenvalue weighted by molar-refractivity contribution is -0.113. The molecule has 0 aromatic rings. The summed E-state index contributed by atoms with van der Waals surface area (Å²) in [6.07, 6.45) is 3.10. The van der Waals surface area contributed by atoms with Gasteiger partial charge in [0.15, 0.2) is 0 Å². The van der Waals surface area contributed by atoms with Crippen LogP contribution in [0.1, 0.15) is 0 Å². The molecule has 0 spiro atoms. The van der Waals surface area contributed by atoms with Crippen LogP contribution in [-0.2, 0) is 4.79 Å². The van der Waals surface area contributed by atoms with Crippen LogP contribution in [0.3, 0.4) is 0 Å². The van der Waals surface area contributed by atoms with E-state index in [0.717, 1.165) is 5.57 Å². The number of aliphatic imine (C=N–C) groups is 2. The minimum Gasteiger partial charge on any atom is -0.389 e. The largest absolute Gasteiger partial charge is 0.389 e. The monoisotopic (exact) mass is 296 g/mol. The number of amides is 1. The van der Waals surface area contributed by atoms with E-state index >= 15 is 0 Å². The summed E-state index contributed by atoms with van der Waals surface area (Å²) >= 11 is 1.60. The third kappa shape index (κ3) is 2.08. The molecule has 3 aliphatic rings. The normalized spacial score (nSPS) is 39.4. The Balaban J connectivity index is 1.80. The number of carbonyl (C=O) groups excluding carboxylic acids is 1. The number of hydrogen-bond acceptors (Lipinski definition) is 7. The maximum absolute atomic E-state index is 11.6. The van der Waals surface area contributed by atoms with Gasteiger partial charge in [0.1, 0.15) is 17.9 Å². The molecule has 0 saturated carbocycles. The quantitative estimate of drug-likeness (QED) is 0.495. The van der Waals surface area contributed by atoms with Crippen molar-refractivity contribution in [2.75, 3.05) is 12.0 Å². The Morgan fingerprint density at radius 3 is 2.95 bits per heavy atom. The smallest absolute Gasteiger partial charge is 0.273 e. The fourth-order valence-corrected chi connectivity index (χ4v) is 3.41. The number of fused-ring (bicyclic) bond motifs is 1. The Kier molecular flexibility index (Phi) is 3.63. The van der Waals surface area contributed by atoms with E-state index in [1.807, 2.05) is 6.26 Å². The van der Waals surface area contributed by atoms with Gasteiger partial charge in [-0.05, 0) is 11.8 Å². The number of aliphatic hydroxyl groups excluding tert-OH is 2. The van der Waals surface area contributed by atoms with Crippen molar-refractivity contribution >= 4 is 29.7 Å². The van der Waals surface area contributed by atoms with Gasteiger partial charge < -0.3 is 20.8 Å². The second kappa shape index (κ2) is 5.28. The molecule has 0 bridgehead atoms. The first-order valence-corrected chi connectivity index (χ1v) is 7.74. The Bertz CT molecular complexity index is 519. The van der Waals surface area contributed by atoms with E-state index < -0.39 is 24.3 Å². The topological polar surface area (TPSA) is 106 Å². The molecule has 108 valence electrons. The first-order chi connectivity index (χ1) is 9.63. The molecule has 8 heteroatoms. The molecule has 0 aromatic heterocycles. The fourth-order valence-electron chi connectivity index (χ4n) is 2.76. The van der Waals surface area contributed by atoms with Gasteiger partial charge in [0, 0.05) is 18.0 Å². The van der Waals surface area contributed by atoms with E-state index in [1.165, 1.54) is 6.34 Å². The van der Waals surface area contributed by atoms with Crippen LogP contribution >= 0.6 is 11.8 Å². The molecule has 0 aliphatic carbocycles. The number of rotatable bonds is 3. The molecule has 7 nitrogen and oxygen atoms in total. The minimum absolute atomic E-state index is 0.184. The van der Waals surface area contributed by atoms with Gasteiger partial charge in [-0.25, -0.2) is 0 Å². The lowest BCUT2D eigenvalue weighted by atomic mass is 9.94. The summed E-state index contributed by atoms with van der Waals surface area (Å²) in [5.41, 5.74) is 1.06. The highest BCUT2D eigenvalue weighted by Gasteiger charge is 2.46. The lowest BCUT2D eigenvalue weighted by Gasteiger charge is -2.23. The first kappa shape index (κ1) is 13.7. The Hall–Kier alpha value is -1.22. The zero-order valence-electron chi connectivity index (χ0n) is 10.9. The molecule has 5 atom stereocenters. The summed E-state index contributed by atoms with van der Waals surface area (Å²) in [7, 11) is 0. The number of thioether (sulfide) groups is 1. The predicted molar refractivity (Wildman–Crippen MR) is 77.0 cm³/mol. The third-order valence-corrected chi connectivity index (χ3v) is 4.47. The van der Waals surface area contributed by atoms with E-state index in [-0.39, 0.29) is 11.9 Å². The zero-order valence-corrected chi connectivity index (χ0v) is 11.7. The molecule has 3 rings (SSSR count). The van der Waals surface area contributed by atoms with Crippen molar-refractivity contribution < 1.29 is 15.0 Å². The Morgan fingerprint density at radius 2 is 2.20 bits per heavy atom. The van der Waals surface area contributed by atoms with Gasteiger partial charge in [-0.2, -0.15) is 11.8 Å². The van der Waals surface area contributed by atoms with Crippen LogP contribution in [0.5, 0.6) is 0 Å². The van der Waals surface area contributed by atoms with E-state index in [0.29, 0.717) is 11.5 Å². The highest BCUT2D eigenvalue weighted by Crippen LogP contribution is 2.29. The molecule has 20 heavy (non-hydrogen) atoms. The fraction of sp³-hybridized carbons (Fsp3) is 0.583. The second-order valence-electron chi connectivity index (χ2n) is 4.98. The molecule has 0 radical (unpaired) electrons. The molecular formula is C12H16N4O3S. The third-order valence-electron chi connectivity index (χ3n) is 3.78. The van der Waals surface area contributed by atoms with Gasteiger partial charge >= 0.3 is 0 Å². The molecule has 4 N–H and O–H groups in total. The van der Waals surface area contributed by atoms with Crippen LogP contribution in [-0.4, -0.2) is 70.5 Å². The van der Waals surface area contributed by atoms with Gasteiger partial charge in [-0.15, -0.1) is 0 Å². The summed E-state index contributed by atoms with van der Waals surface area (Å²) in [6, 6.07) is -1.08. The maximum Gasteiger partial charge on any atom is 0.273 e. The van der Waals surface area contributed by atoms with Crippen LogP contribution in [0.15, 0.2) is 21.8 Å². The van der Waals surface area contributed by atoms with Crippen molar-refractivity contribution in [2.24, 2.45) is 9.98 Å². The number of carbonyl (C=O) groups is 1. The van der Waals surface area contributed by atoms with Gasteiger partial charge in [-0.3, -0.25) is 14.8 Å². The van der Waals surface area contributed by atoms with Crippen molar-refractivity contribution in [3.05, 3.63) is 11.8 Å². The summed E-state index contributed by atoms with van der Waals surface area (Å²) in [5.74, 6) is 0.425. The lowest BCUT2D eigenvalue weighted by Crippen LogP contribution is -2.46. The predicted octanol–water partition coefficient (Wildman–Crippen LogP) is -1.72. The molecular weight excluding hydrogens is 280 g/mol. The summed E-state index contributed by atoms with van der Waals surface area (Å²) in [5, 5.41) is 26.0. The number of hydrogen-bond donors (Lipinski definition) is 4. The van der Waals surface area contributed by atoms with Crippen LogP contribution in [0.2, 0.25) is 0 Å². The van der Waals surface area contributed by atoms with Gasteiger partial charge in [0.25, 0.3) is 5.91 Å². The van der Waals surface area contributed by atoms with Crippen LogP contribution < -0.4 is 10.6 Å². The van der Waals surface area contributed by atoms with E-state index in [1.54, 1.807) is 18.0 Å². The highest BCUT2D eigenvalue weighted by molar-refractivity contribution is 7.98. The summed E-state index contributed by atoms with van der Waals surface area (Å²) in [4.78, 5) is 19.9. The van der Waals surface area contributed by atoms with Crippen molar-refractivity contribution in [2.45, 2.75) is 30.3 Å². The van der Waals surface area contributed by atoms with E-state index in [2.05, 4.69) is 20.6 Å². The standard InChI is InChI=1S/C12H16N4O3S/c1-20-3-6-10(17)11(18)8(16-6)5-2-13-9-7(5)14-4-15-12(9)19/h2,4,6-8,10-11,16-18H,3H2,1H3,(H,14,15,19)/t6-,7?,8-,10-,11-/m0/s1. The average molecular weight is 296 g/mol. The van der Waals surface area contributed by atoms with Crippen molar-refractivity contribution in [3.8, 4) is 0 Å². The van der Waals surface area contributed by atoms with Gasteiger partial charge in [-0.1, -0.05) is 0 Å². The van der Waals surface area contributed by atoms with Crippen LogP contribution in [0, 0.1) is 0 Å². The van der Waals surface area contributed by atoms with Gasteiger partial charge in [0.2, 0.25) is 0 Å². The minimum atomic E-state index is -0.923. The van der Waals surface area contributed by atoms with Crippen molar-refractivity contribution in [3.63, 3.8) is 0 Å². The van der Waals surface area contributed by atoms with Crippen molar-refractivity contribution in [1.82, 2.24) is 10.6 Å². The Labute approximate surface area is 120 Å². The van der Waals surface area contributed by atoms with E-state index in [9.17, 15) is 15.0 Å². The van der Waals surface area contributed by atoms with Crippen molar-refractivity contribution in [1.29, 1.82) is 0 Å². The van der Waals surface area contributed by atoms with Gasteiger partial charge in [0.05, 0.1) is 18.5 Å². The number of nitrogens with one attached hydrogen (secondary N) is 2. The molecule has 1 saturated heterocycles. The summed E-state index contributed by atoms with van der Waals surface area (Å²) in [6.45, 7) is 0. The summed E-state index contributed by atoms with van der Waals surface area (Å²) < 4.78 is 0. The Morgan fingerprint density at radius 1 is 1.40 bits per heavy atom. The highest BCUT2D eigenvalue weighted by atomic mass is 32.2. The number of aliphatic hydroxyl groups is 2. The zero-order chi connectivity index (χ0) is 14.3. The molecule has 1 amide bonds. The molecule has 1 fully saturated rings. The molecule has 3 aliphatic heterocycles. The SMILES string of the molecule is CSC[C@@H]1N[C@@H](C2=CN=C3C(=O)NC=NC23)[C@H](O)[C@H]1O.